The van der Waals surface area contributed by atoms with Crippen LogP contribution in [0.3, 0.4) is 0 Å². The highest BCUT2D eigenvalue weighted by Gasteiger charge is 2.35. The Labute approximate surface area is 198 Å². The summed E-state index contributed by atoms with van der Waals surface area (Å²) >= 11 is 0. The van der Waals surface area contributed by atoms with Crippen molar-refractivity contribution in [3.8, 4) is 0 Å². The summed E-state index contributed by atoms with van der Waals surface area (Å²) in [5.41, 5.74) is 2.85. The van der Waals surface area contributed by atoms with Gasteiger partial charge < -0.3 is 4.90 Å². The minimum atomic E-state index is 0.582. The molecular weight excluding hydrogens is 392 g/mol. The molecule has 4 heteroatoms. The molecule has 3 atom stereocenters. The van der Waals surface area contributed by atoms with Crippen LogP contribution in [-0.2, 0) is 6.42 Å². The zero-order chi connectivity index (χ0) is 22.9. The van der Waals surface area contributed by atoms with E-state index in [9.17, 15) is 0 Å². The van der Waals surface area contributed by atoms with E-state index in [1.165, 1.54) is 82.6 Å². The first-order valence-corrected chi connectivity index (χ1v) is 13.6. The van der Waals surface area contributed by atoms with Gasteiger partial charge in [0.05, 0.1) is 0 Å². The van der Waals surface area contributed by atoms with Crippen LogP contribution in [0.2, 0.25) is 0 Å². The zero-order valence-electron chi connectivity index (χ0n) is 21.7. The molecule has 1 saturated heterocycles. The molecule has 0 N–H and O–H groups in total. The molecule has 0 radical (unpaired) electrons. The summed E-state index contributed by atoms with van der Waals surface area (Å²) < 4.78 is 0. The molecule has 2 aliphatic rings. The van der Waals surface area contributed by atoms with Crippen LogP contribution in [0.15, 0.2) is 24.3 Å². The first-order chi connectivity index (χ1) is 15.6. The highest BCUT2D eigenvalue weighted by atomic mass is 15.3. The first kappa shape index (κ1) is 25.7. The van der Waals surface area contributed by atoms with Crippen molar-refractivity contribution in [1.29, 1.82) is 0 Å². The van der Waals surface area contributed by atoms with Gasteiger partial charge >= 0.3 is 0 Å². The smallest absolute Gasteiger partial charge is 0.0264 e. The Hall–Kier alpha value is -0.940. The zero-order valence-corrected chi connectivity index (χ0v) is 21.7. The van der Waals surface area contributed by atoms with Crippen LogP contribution in [0.1, 0.15) is 64.5 Å². The van der Waals surface area contributed by atoms with E-state index in [-0.39, 0.29) is 0 Å². The Kier molecular flexibility index (Phi) is 10.5. The Morgan fingerprint density at radius 2 is 1.25 bits per heavy atom. The van der Waals surface area contributed by atoms with Crippen LogP contribution in [-0.4, -0.2) is 96.6 Å². The molecule has 4 nitrogen and oxygen atoms in total. The summed E-state index contributed by atoms with van der Waals surface area (Å²) in [4.78, 5) is 11.2. The standard InChI is InChI=1S/C28H50N4/c1-6-29-18-20-30(7-2)26(22-25-16-14-24(5)15-17-25)23-32(9-4)28-13-11-10-12-27(28)31(8-3)21-19-29/h14-17,26-28H,6-13,18-23H2,1-5H3/t26-,27-,28-/m1/s1. The average molecular weight is 443 g/mol. The highest BCUT2D eigenvalue weighted by Crippen LogP contribution is 2.28. The number of aryl methyl sites for hydroxylation is 1. The predicted molar refractivity (Wildman–Crippen MR) is 139 cm³/mol. The van der Waals surface area contributed by atoms with Gasteiger partial charge in [0, 0.05) is 50.8 Å². The van der Waals surface area contributed by atoms with Gasteiger partial charge in [0.2, 0.25) is 0 Å². The average Bonchev–Trinajstić information content (AvgIpc) is 2.82. The number of nitrogens with zero attached hydrogens (tertiary/aromatic N) is 4. The first-order valence-electron chi connectivity index (χ1n) is 13.6. The summed E-state index contributed by atoms with van der Waals surface area (Å²) in [6.45, 7) is 22.3. The fourth-order valence-corrected chi connectivity index (χ4v) is 6.14. The van der Waals surface area contributed by atoms with Crippen molar-refractivity contribution in [1.82, 2.24) is 19.6 Å². The molecule has 1 aromatic carbocycles. The quantitative estimate of drug-likeness (QED) is 0.642. The van der Waals surface area contributed by atoms with Crippen LogP contribution in [0.5, 0.6) is 0 Å². The summed E-state index contributed by atoms with van der Waals surface area (Å²) in [7, 11) is 0. The van der Waals surface area contributed by atoms with Gasteiger partial charge in [-0.15, -0.1) is 0 Å². The van der Waals surface area contributed by atoms with Gasteiger partial charge in [-0.3, -0.25) is 14.7 Å². The van der Waals surface area contributed by atoms with Crippen LogP contribution < -0.4 is 0 Å². The Morgan fingerprint density at radius 1 is 0.688 bits per heavy atom. The second-order valence-electron chi connectivity index (χ2n) is 10.0. The van der Waals surface area contributed by atoms with E-state index < -0.39 is 0 Å². The minimum absolute atomic E-state index is 0.582. The third-order valence-corrected chi connectivity index (χ3v) is 8.26. The molecule has 2 fully saturated rings. The van der Waals surface area contributed by atoms with Crippen LogP contribution in [0.25, 0.3) is 0 Å². The molecule has 182 valence electrons. The van der Waals surface area contributed by atoms with E-state index in [0.29, 0.717) is 12.1 Å². The topological polar surface area (TPSA) is 13.0 Å². The lowest BCUT2D eigenvalue weighted by Gasteiger charge is -2.47. The Morgan fingerprint density at radius 3 is 1.81 bits per heavy atom. The van der Waals surface area contributed by atoms with Gasteiger partial charge in [-0.05, 0) is 57.9 Å². The molecule has 3 rings (SSSR count). The van der Waals surface area contributed by atoms with Gasteiger partial charge in [0.1, 0.15) is 0 Å². The maximum absolute atomic E-state index is 2.87. The van der Waals surface area contributed by atoms with E-state index >= 15 is 0 Å². The van der Waals surface area contributed by atoms with Crippen molar-refractivity contribution in [2.45, 2.75) is 84.8 Å². The largest absolute Gasteiger partial charge is 0.301 e. The van der Waals surface area contributed by atoms with Crippen molar-refractivity contribution >= 4 is 0 Å². The van der Waals surface area contributed by atoms with E-state index in [1.54, 1.807) is 0 Å². The van der Waals surface area contributed by atoms with Gasteiger partial charge in [0.25, 0.3) is 0 Å². The van der Waals surface area contributed by atoms with Gasteiger partial charge in [-0.25, -0.2) is 0 Å². The van der Waals surface area contributed by atoms with Crippen LogP contribution >= 0.6 is 0 Å². The van der Waals surface area contributed by atoms with Gasteiger partial charge in [0.15, 0.2) is 0 Å². The van der Waals surface area contributed by atoms with Crippen molar-refractivity contribution < 1.29 is 0 Å². The second-order valence-corrected chi connectivity index (χ2v) is 10.0. The van der Waals surface area contributed by atoms with Crippen molar-refractivity contribution in [3.63, 3.8) is 0 Å². The molecule has 1 heterocycles. The van der Waals surface area contributed by atoms with Crippen molar-refractivity contribution in [2.75, 3.05) is 58.9 Å². The normalized spacial score (nSPS) is 28.1. The number of benzene rings is 1. The molecule has 0 amide bonds. The molecule has 1 aliphatic carbocycles. The summed E-state index contributed by atoms with van der Waals surface area (Å²) in [6, 6.07) is 11.3. The minimum Gasteiger partial charge on any atom is -0.301 e. The van der Waals surface area contributed by atoms with E-state index in [1.807, 2.05) is 0 Å². The lowest BCUT2D eigenvalue weighted by atomic mass is 9.87. The molecule has 0 spiro atoms. The van der Waals surface area contributed by atoms with Crippen LogP contribution in [0.4, 0.5) is 0 Å². The number of hydrogen-bond acceptors (Lipinski definition) is 4. The second kappa shape index (κ2) is 13.1. The monoisotopic (exact) mass is 442 g/mol. The molecule has 0 unspecified atom stereocenters. The third-order valence-electron chi connectivity index (χ3n) is 8.26. The maximum Gasteiger partial charge on any atom is 0.0264 e. The maximum atomic E-state index is 2.87. The van der Waals surface area contributed by atoms with Crippen molar-refractivity contribution in [2.24, 2.45) is 0 Å². The molecule has 1 aromatic rings. The van der Waals surface area contributed by atoms with Crippen LogP contribution in [0, 0.1) is 6.92 Å². The lowest BCUT2D eigenvalue weighted by molar-refractivity contribution is 0.0214. The molecule has 1 aliphatic heterocycles. The summed E-state index contributed by atoms with van der Waals surface area (Å²) in [5.74, 6) is 0. The molecular formula is C28H50N4. The number of fused-ring (bicyclic) bond motifs is 1. The third kappa shape index (κ3) is 6.79. The van der Waals surface area contributed by atoms with Gasteiger partial charge in [-0.1, -0.05) is 70.4 Å². The van der Waals surface area contributed by atoms with E-state index in [2.05, 4.69) is 78.5 Å². The molecule has 1 saturated carbocycles. The molecule has 0 aromatic heterocycles. The number of hydrogen-bond donors (Lipinski definition) is 0. The lowest BCUT2D eigenvalue weighted by Crippen LogP contribution is -2.58. The highest BCUT2D eigenvalue weighted by molar-refractivity contribution is 5.22. The fraction of sp³-hybridized carbons (Fsp3) is 0.786. The predicted octanol–water partition coefficient (Wildman–Crippen LogP) is 4.52. The summed E-state index contributed by atoms with van der Waals surface area (Å²) in [5, 5.41) is 0. The van der Waals surface area contributed by atoms with E-state index in [0.717, 1.165) is 25.6 Å². The molecule has 32 heavy (non-hydrogen) atoms. The summed E-state index contributed by atoms with van der Waals surface area (Å²) in [6.07, 6.45) is 6.71. The Balaban J connectivity index is 1.89. The van der Waals surface area contributed by atoms with E-state index in [4.69, 9.17) is 0 Å². The number of likely N-dealkylation sites (N-methyl/N-ethyl adjacent to an activating group) is 4. The van der Waals surface area contributed by atoms with Crippen molar-refractivity contribution in [3.05, 3.63) is 35.4 Å². The Bertz CT molecular complexity index is 645. The number of rotatable bonds is 6. The molecule has 0 bridgehead atoms. The fourth-order valence-electron chi connectivity index (χ4n) is 6.14. The SMILES string of the molecule is CCN1CCN(CC)[C@H](Cc2ccc(C)cc2)CN(CC)[C@@H]2CCCC[C@H]2N(CC)CC1. The van der Waals surface area contributed by atoms with Gasteiger partial charge in [-0.2, -0.15) is 0 Å².